The lowest BCUT2D eigenvalue weighted by atomic mass is 9.80. The second kappa shape index (κ2) is 9.04. The van der Waals surface area contributed by atoms with E-state index in [4.69, 9.17) is 10.5 Å². The van der Waals surface area contributed by atoms with Gasteiger partial charge in [-0.05, 0) is 23.4 Å². The lowest BCUT2D eigenvalue weighted by Crippen LogP contribution is -2.55. The van der Waals surface area contributed by atoms with E-state index in [1.165, 1.54) is 0 Å². The highest BCUT2D eigenvalue weighted by Gasteiger charge is 2.37. The number of benzene rings is 1. The summed E-state index contributed by atoms with van der Waals surface area (Å²) in [6.45, 7) is 11.2. The van der Waals surface area contributed by atoms with Gasteiger partial charge in [0.05, 0.1) is 0 Å². The number of carbonyl (C=O) groups excluding carboxylic acids is 1. The Morgan fingerprint density at radius 2 is 1.83 bits per heavy atom. The van der Waals surface area contributed by atoms with Crippen molar-refractivity contribution in [1.29, 1.82) is 0 Å². The Kier molecular flexibility index (Phi) is 7.70. The van der Waals surface area contributed by atoms with E-state index in [9.17, 15) is 9.90 Å². The van der Waals surface area contributed by atoms with Gasteiger partial charge in [-0.3, -0.25) is 0 Å². The fourth-order valence-corrected chi connectivity index (χ4v) is 2.74. The van der Waals surface area contributed by atoms with Gasteiger partial charge < -0.3 is 20.9 Å². The molecule has 0 saturated heterocycles. The van der Waals surface area contributed by atoms with Gasteiger partial charge in [0.2, 0.25) is 0 Å². The molecule has 0 aliphatic rings. The maximum Gasteiger partial charge on any atom is 0.404 e. The minimum Gasteiger partial charge on any atom is -0.443 e. The number of aliphatic hydroxyl groups excluding tert-OH is 1. The molecule has 1 rings (SSSR count). The topological polar surface area (TPSA) is 84.6 Å². The maximum absolute atomic E-state index is 11.3. The van der Waals surface area contributed by atoms with Crippen molar-refractivity contribution in [3.05, 3.63) is 35.9 Å². The smallest absolute Gasteiger partial charge is 0.404 e. The van der Waals surface area contributed by atoms with Gasteiger partial charge in [-0.25, -0.2) is 4.79 Å². The number of primary amides is 1. The monoisotopic (exact) mass is 336 g/mol. The lowest BCUT2D eigenvalue weighted by molar-refractivity contribution is -0.0356. The fraction of sp³-hybridized carbons (Fsp3) is 0.632. The van der Waals surface area contributed by atoms with Crippen LogP contribution >= 0.6 is 0 Å². The first-order valence-corrected chi connectivity index (χ1v) is 8.52. The number of nitrogens with two attached hydrogens (primary N) is 1. The van der Waals surface area contributed by atoms with Crippen LogP contribution in [0.5, 0.6) is 0 Å². The van der Waals surface area contributed by atoms with Gasteiger partial charge in [-0.1, -0.05) is 65.0 Å². The van der Waals surface area contributed by atoms with Crippen LogP contribution in [0.15, 0.2) is 30.3 Å². The van der Waals surface area contributed by atoms with Crippen LogP contribution in [0.4, 0.5) is 4.79 Å². The van der Waals surface area contributed by atoms with E-state index in [-0.39, 0.29) is 11.5 Å². The average molecular weight is 336 g/mol. The molecule has 136 valence electrons. The number of amides is 1. The minimum atomic E-state index is -0.869. The maximum atomic E-state index is 11.3. The van der Waals surface area contributed by atoms with E-state index < -0.39 is 18.3 Å². The van der Waals surface area contributed by atoms with E-state index in [1.54, 1.807) is 0 Å². The van der Waals surface area contributed by atoms with Gasteiger partial charge in [0, 0.05) is 12.5 Å². The third-order valence-electron chi connectivity index (χ3n) is 3.95. The van der Waals surface area contributed by atoms with Crippen molar-refractivity contribution in [3.63, 3.8) is 0 Å². The molecule has 0 radical (unpaired) electrons. The standard InChI is InChI=1S/C19H32N2O3/c1-13(2)12-21-17(19(3,4)5)16(22)15(24-18(20)23)11-14-9-7-6-8-10-14/h6-10,13,15-17,21-22H,11-12H2,1-5H3,(H2,20,23)/t15-,16+,17?/m0/s1. The van der Waals surface area contributed by atoms with Crippen LogP contribution in [-0.2, 0) is 11.2 Å². The van der Waals surface area contributed by atoms with Crippen LogP contribution in [0.25, 0.3) is 0 Å². The average Bonchev–Trinajstić information content (AvgIpc) is 2.45. The molecule has 5 nitrogen and oxygen atoms in total. The zero-order valence-electron chi connectivity index (χ0n) is 15.5. The zero-order chi connectivity index (χ0) is 18.3. The summed E-state index contributed by atoms with van der Waals surface area (Å²) in [4.78, 5) is 11.3. The van der Waals surface area contributed by atoms with Crippen LogP contribution in [0, 0.1) is 11.3 Å². The number of hydrogen-bond donors (Lipinski definition) is 3. The molecule has 0 spiro atoms. The summed E-state index contributed by atoms with van der Waals surface area (Å²) in [5.41, 5.74) is 6.00. The van der Waals surface area contributed by atoms with Gasteiger partial charge in [0.15, 0.2) is 0 Å². The van der Waals surface area contributed by atoms with Crippen molar-refractivity contribution in [2.24, 2.45) is 17.1 Å². The van der Waals surface area contributed by atoms with Crippen molar-refractivity contribution in [2.75, 3.05) is 6.54 Å². The predicted molar refractivity (Wildman–Crippen MR) is 96.7 cm³/mol. The number of nitrogens with one attached hydrogen (secondary N) is 1. The van der Waals surface area contributed by atoms with E-state index in [0.29, 0.717) is 12.3 Å². The highest BCUT2D eigenvalue weighted by Crippen LogP contribution is 2.26. The van der Waals surface area contributed by atoms with Crippen LogP contribution in [0.1, 0.15) is 40.2 Å². The first kappa shape index (κ1) is 20.5. The Morgan fingerprint density at radius 3 is 2.29 bits per heavy atom. The summed E-state index contributed by atoms with van der Waals surface area (Å²) >= 11 is 0. The molecule has 3 atom stereocenters. The molecule has 0 heterocycles. The number of rotatable bonds is 8. The molecule has 5 heteroatoms. The summed E-state index contributed by atoms with van der Waals surface area (Å²) in [6.07, 6.45) is -2.02. The molecule has 0 saturated carbocycles. The highest BCUT2D eigenvalue weighted by molar-refractivity contribution is 5.64. The summed E-state index contributed by atoms with van der Waals surface area (Å²) in [6, 6.07) is 9.41. The zero-order valence-corrected chi connectivity index (χ0v) is 15.5. The van der Waals surface area contributed by atoms with E-state index in [2.05, 4.69) is 39.9 Å². The van der Waals surface area contributed by atoms with Crippen LogP contribution in [0.3, 0.4) is 0 Å². The normalized spacial score (nSPS) is 15.8. The van der Waals surface area contributed by atoms with Crippen LogP contribution in [0.2, 0.25) is 0 Å². The fourth-order valence-electron chi connectivity index (χ4n) is 2.74. The number of aliphatic hydroxyl groups is 1. The van der Waals surface area contributed by atoms with Gasteiger partial charge in [-0.2, -0.15) is 0 Å². The first-order chi connectivity index (χ1) is 11.1. The molecule has 0 fully saturated rings. The molecule has 4 N–H and O–H groups in total. The van der Waals surface area contributed by atoms with Crippen LogP contribution in [-0.4, -0.2) is 36.0 Å². The van der Waals surface area contributed by atoms with Crippen LogP contribution < -0.4 is 11.1 Å². The van der Waals surface area contributed by atoms with Crippen molar-refractivity contribution >= 4 is 6.09 Å². The molecular weight excluding hydrogens is 304 g/mol. The lowest BCUT2D eigenvalue weighted by Gasteiger charge is -2.38. The minimum absolute atomic E-state index is 0.204. The quantitative estimate of drug-likeness (QED) is 0.681. The van der Waals surface area contributed by atoms with E-state index in [0.717, 1.165) is 12.1 Å². The third kappa shape index (κ3) is 6.89. The molecule has 1 amide bonds. The van der Waals surface area contributed by atoms with Crippen molar-refractivity contribution in [2.45, 2.75) is 59.3 Å². The molecule has 0 aliphatic heterocycles. The summed E-state index contributed by atoms with van der Waals surface area (Å²) in [7, 11) is 0. The Bertz CT molecular complexity index is 497. The SMILES string of the molecule is CC(C)CNC([C@H](O)[C@H](Cc1ccccc1)OC(N)=O)C(C)(C)C. The molecular formula is C19H32N2O3. The van der Waals surface area contributed by atoms with Gasteiger partial charge >= 0.3 is 6.09 Å². The highest BCUT2D eigenvalue weighted by atomic mass is 16.6. The van der Waals surface area contributed by atoms with Gasteiger partial charge in [-0.15, -0.1) is 0 Å². The second-order valence-electron chi connectivity index (χ2n) is 7.80. The summed E-state index contributed by atoms with van der Waals surface area (Å²) < 4.78 is 5.25. The molecule has 0 aromatic heterocycles. The molecule has 1 aromatic carbocycles. The first-order valence-electron chi connectivity index (χ1n) is 8.52. The van der Waals surface area contributed by atoms with Gasteiger partial charge in [0.1, 0.15) is 12.2 Å². The summed E-state index contributed by atoms with van der Waals surface area (Å²) in [5, 5.41) is 14.3. The van der Waals surface area contributed by atoms with E-state index in [1.807, 2.05) is 30.3 Å². The largest absolute Gasteiger partial charge is 0.443 e. The number of carbonyl (C=O) groups is 1. The predicted octanol–water partition coefficient (Wildman–Crippen LogP) is 2.71. The third-order valence-corrected chi connectivity index (χ3v) is 3.95. The second-order valence-corrected chi connectivity index (χ2v) is 7.80. The van der Waals surface area contributed by atoms with Gasteiger partial charge in [0.25, 0.3) is 0 Å². The summed E-state index contributed by atoms with van der Waals surface area (Å²) in [5.74, 6) is 0.451. The van der Waals surface area contributed by atoms with E-state index >= 15 is 0 Å². The number of hydrogen-bond acceptors (Lipinski definition) is 4. The number of ether oxygens (including phenoxy) is 1. The van der Waals surface area contributed by atoms with Crippen molar-refractivity contribution in [3.8, 4) is 0 Å². The van der Waals surface area contributed by atoms with Crippen molar-refractivity contribution < 1.29 is 14.6 Å². The Labute approximate surface area is 145 Å². The molecule has 1 unspecified atom stereocenters. The van der Waals surface area contributed by atoms with Crippen molar-refractivity contribution in [1.82, 2.24) is 5.32 Å². The Balaban J connectivity index is 2.96. The molecule has 0 bridgehead atoms. The molecule has 0 aliphatic carbocycles. The Morgan fingerprint density at radius 1 is 1.25 bits per heavy atom. The molecule has 24 heavy (non-hydrogen) atoms. The molecule has 1 aromatic rings. The Hall–Kier alpha value is -1.59.